The number of carbonyl (C=O) groups is 3. The fraction of sp³-hybridized carbons (Fsp3) is 0.471. The van der Waals surface area contributed by atoms with Crippen LogP contribution in [-0.4, -0.2) is 60.2 Å². The summed E-state index contributed by atoms with van der Waals surface area (Å²) in [6, 6.07) is 7.82. The molecule has 1 aromatic rings. The summed E-state index contributed by atoms with van der Waals surface area (Å²) in [5.41, 5.74) is 2.08. The van der Waals surface area contributed by atoms with Gasteiger partial charge in [0.25, 0.3) is 0 Å². The van der Waals surface area contributed by atoms with Gasteiger partial charge in [0.1, 0.15) is 6.42 Å². The number of hydrogen-bond donors (Lipinski definition) is 0. The van der Waals surface area contributed by atoms with E-state index < -0.39 is 0 Å². The average molecular weight is 315 g/mol. The lowest BCUT2D eigenvalue weighted by molar-refractivity contribution is -0.140. The summed E-state index contributed by atoms with van der Waals surface area (Å²) in [6.45, 7) is 4.27. The van der Waals surface area contributed by atoms with Gasteiger partial charge in [-0.25, -0.2) is 0 Å². The highest BCUT2D eigenvalue weighted by Gasteiger charge is 2.28. The molecular formula is C17H21N3O3. The van der Waals surface area contributed by atoms with Crippen molar-refractivity contribution in [3.63, 3.8) is 0 Å². The molecule has 3 amide bonds. The van der Waals surface area contributed by atoms with Gasteiger partial charge in [0.05, 0.1) is 0 Å². The van der Waals surface area contributed by atoms with E-state index in [2.05, 4.69) is 0 Å². The molecule has 6 nitrogen and oxygen atoms in total. The number of anilines is 1. The molecule has 1 fully saturated rings. The Morgan fingerprint density at radius 3 is 2.26 bits per heavy atom. The van der Waals surface area contributed by atoms with Crippen LogP contribution < -0.4 is 4.90 Å². The smallest absolute Gasteiger partial charge is 0.236 e. The molecule has 0 bridgehead atoms. The molecular weight excluding hydrogens is 294 g/mol. The molecule has 2 aliphatic rings. The molecule has 0 spiro atoms. The Hall–Kier alpha value is -2.37. The van der Waals surface area contributed by atoms with Gasteiger partial charge in [0.15, 0.2) is 0 Å². The zero-order valence-corrected chi connectivity index (χ0v) is 13.3. The van der Waals surface area contributed by atoms with Crippen LogP contribution in [0.15, 0.2) is 24.3 Å². The van der Waals surface area contributed by atoms with Crippen molar-refractivity contribution < 1.29 is 14.4 Å². The summed E-state index contributed by atoms with van der Waals surface area (Å²) in [6.07, 6.45) is 0.738. The number of nitrogens with zero attached hydrogens (tertiary/aromatic N) is 3. The van der Waals surface area contributed by atoms with Crippen molar-refractivity contribution >= 4 is 23.4 Å². The first-order chi connectivity index (χ1) is 11.1. The van der Waals surface area contributed by atoms with Gasteiger partial charge < -0.3 is 14.7 Å². The minimum Gasteiger partial charge on any atom is -0.339 e. The largest absolute Gasteiger partial charge is 0.339 e. The summed E-state index contributed by atoms with van der Waals surface area (Å²) >= 11 is 0. The number of hydrogen-bond acceptors (Lipinski definition) is 3. The highest BCUT2D eigenvalue weighted by Crippen LogP contribution is 2.27. The van der Waals surface area contributed by atoms with E-state index in [9.17, 15) is 14.4 Å². The molecule has 2 aliphatic heterocycles. The Balaban J connectivity index is 1.57. The molecule has 6 heteroatoms. The molecule has 0 aliphatic carbocycles. The van der Waals surface area contributed by atoms with Crippen LogP contribution in [0.1, 0.15) is 18.9 Å². The fourth-order valence-corrected chi connectivity index (χ4v) is 3.20. The van der Waals surface area contributed by atoms with E-state index >= 15 is 0 Å². The number of amides is 3. The zero-order valence-electron chi connectivity index (χ0n) is 13.3. The molecule has 0 radical (unpaired) electrons. The third kappa shape index (κ3) is 3.21. The highest BCUT2D eigenvalue weighted by atomic mass is 16.2. The number of benzene rings is 1. The molecule has 2 heterocycles. The lowest BCUT2D eigenvalue weighted by atomic mass is 10.2. The molecule has 23 heavy (non-hydrogen) atoms. The molecule has 1 saturated heterocycles. The van der Waals surface area contributed by atoms with Crippen molar-refractivity contribution in [2.24, 2.45) is 0 Å². The molecule has 0 N–H and O–H groups in total. The van der Waals surface area contributed by atoms with Gasteiger partial charge in [-0.05, 0) is 18.1 Å². The Morgan fingerprint density at radius 1 is 0.913 bits per heavy atom. The molecule has 0 aromatic heterocycles. The van der Waals surface area contributed by atoms with E-state index in [4.69, 9.17) is 0 Å². The Labute approximate surface area is 135 Å². The van der Waals surface area contributed by atoms with Gasteiger partial charge in [-0.3, -0.25) is 14.4 Å². The van der Waals surface area contributed by atoms with Crippen molar-refractivity contribution in [1.82, 2.24) is 9.80 Å². The van der Waals surface area contributed by atoms with Crippen molar-refractivity contribution in [2.45, 2.75) is 19.8 Å². The zero-order chi connectivity index (χ0) is 16.4. The highest BCUT2D eigenvalue weighted by molar-refractivity contribution is 6.06. The number of rotatable bonds is 2. The van der Waals surface area contributed by atoms with Gasteiger partial charge >= 0.3 is 0 Å². The van der Waals surface area contributed by atoms with E-state index in [1.54, 1.807) is 14.7 Å². The SMILES string of the molecule is CC(=O)N1CCN(C(=O)CC(=O)N2CCc3ccccc32)CC1. The predicted octanol–water partition coefficient (Wildman–Crippen LogP) is 0.657. The first-order valence-corrected chi connectivity index (χ1v) is 7.98. The maximum atomic E-state index is 12.4. The normalized spacial score (nSPS) is 17.2. The van der Waals surface area contributed by atoms with Gasteiger partial charge in [-0.15, -0.1) is 0 Å². The minimum absolute atomic E-state index is 0.0295. The van der Waals surface area contributed by atoms with E-state index in [0.717, 1.165) is 17.7 Å². The summed E-state index contributed by atoms with van der Waals surface area (Å²) in [5, 5.41) is 0. The summed E-state index contributed by atoms with van der Waals surface area (Å²) < 4.78 is 0. The van der Waals surface area contributed by atoms with Crippen LogP contribution in [0.4, 0.5) is 5.69 Å². The molecule has 1 aromatic carbocycles. The first-order valence-electron chi connectivity index (χ1n) is 7.98. The van der Waals surface area contributed by atoms with E-state index in [-0.39, 0.29) is 24.1 Å². The van der Waals surface area contributed by atoms with Crippen LogP contribution in [0.3, 0.4) is 0 Å². The maximum absolute atomic E-state index is 12.4. The monoisotopic (exact) mass is 315 g/mol. The topological polar surface area (TPSA) is 60.9 Å². The van der Waals surface area contributed by atoms with Crippen LogP contribution in [0.5, 0.6) is 0 Å². The average Bonchev–Trinajstić information content (AvgIpc) is 2.99. The summed E-state index contributed by atoms with van der Waals surface area (Å²) in [4.78, 5) is 41.2. The second-order valence-electron chi connectivity index (χ2n) is 5.99. The maximum Gasteiger partial charge on any atom is 0.236 e. The lowest BCUT2D eigenvalue weighted by Gasteiger charge is -2.34. The predicted molar refractivity (Wildman–Crippen MR) is 86.0 cm³/mol. The molecule has 0 unspecified atom stereocenters. The van der Waals surface area contributed by atoms with Crippen LogP contribution in [0.25, 0.3) is 0 Å². The van der Waals surface area contributed by atoms with Gasteiger partial charge in [-0.1, -0.05) is 18.2 Å². The second kappa shape index (κ2) is 6.40. The van der Waals surface area contributed by atoms with Crippen LogP contribution in [-0.2, 0) is 20.8 Å². The van der Waals surface area contributed by atoms with Crippen molar-refractivity contribution in [2.75, 3.05) is 37.6 Å². The molecule has 0 saturated carbocycles. The van der Waals surface area contributed by atoms with E-state index in [0.29, 0.717) is 32.7 Å². The molecule has 3 rings (SSSR count). The standard InChI is InChI=1S/C17H21N3O3/c1-13(21)18-8-10-19(11-9-18)16(22)12-17(23)20-7-6-14-4-2-3-5-15(14)20/h2-5H,6-12H2,1H3. The molecule has 122 valence electrons. The van der Waals surface area contributed by atoms with Crippen LogP contribution in [0, 0.1) is 0 Å². The van der Waals surface area contributed by atoms with E-state index in [1.165, 1.54) is 6.92 Å². The van der Waals surface area contributed by atoms with Crippen LogP contribution >= 0.6 is 0 Å². The quantitative estimate of drug-likeness (QED) is 0.753. The number of fused-ring (bicyclic) bond motifs is 1. The van der Waals surface area contributed by atoms with Crippen molar-refractivity contribution in [3.05, 3.63) is 29.8 Å². The number of para-hydroxylation sites is 1. The lowest BCUT2D eigenvalue weighted by Crippen LogP contribution is -2.50. The summed E-state index contributed by atoms with van der Waals surface area (Å²) in [5.74, 6) is -0.265. The Morgan fingerprint density at radius 2 is 1.57 bits per heavy atom. The number of carbonyl (C=O) groups excluding carboxylic acids is 3. The Bertz CT molecular complexity index is 636. The first kappa shape index (κ1) is 15.5. The Kier molecular flexibility index (Phi) is 4.32. The second-order valence-corrected chi connectivity index (χ2v) is 5.99. The van der Waals surface area contributed by atoms with Crippen LogP contribution in [0.2, 0.25) is 0 Å². The fourth-order valence-electron chi connectivity index (χ4n) is 3.20. The van der Waals surface area contributed by atoms with Crippen molar-refractivity contribution in [3.8, 4) is 0 Å². The van der Waals surface area contributed by atoms with Gasteiger partial charge in [0.2, 0.25) is 17.7 Å². The number of piperazine rings is 1. The van der Waals surface area contributed by atoms with Crippen molar-refractivity contribution in [1.29, 1.82) is 0 Å². The van der Waals surface area contributed by atoms with Gasteiger partial charge in [0, 0.05) is 45.3 Å². The molecule has 0 atom stereocenters. The van der Waals surface area contributed by atoms with E-state index in [1.807, 2.05) is 24.3 Å². The van der Waals surface area contributed by atoms with Gasteiger partial charge in [-0.2, -0.15) is 0 Å². The third-order valence-corrected chi connectivity index (χ3v) is 4.57. The summed E-state index contributed by atoms with van der Waals surface area (Å²) in [7, 11) is 0. The third-order valence-electron chi connectivity index (χ3n) is 4.57. The minimum atomic E-state index is -0.150.